The normalized spacial score (nSPS) is 15.0. The van der Waals surface area contributed by atoms with Crippen LogP contribution in [0, 0.1) is 6.92 Å². The number of hydrogen-bond acceptors (Lipinski definition) is 6. The van der Waals surface area contributed by atoms with Crippen LogP contribution in [0.3, 0.4) is 0 Å². The van der Waals surface area contributed by atoms with E-state index in [1.165, 1.54) is 0 Å². The van der Waals surface area contributed by atoms with E-state index >= 15 is 0 Å². The minimum Gasteiger partial charge on any atom is -0.493 e. The number of esters is 1. The number of ether oxygens (including phenoxy) is 4. The molecule has 172 valence electrons. The Hall–Kier alpha value is -3.74. The molecule has 33 heavy (non-hydrogen) atoms. The van der Waals surface area contributed by atoms with Crippen molar-refractivity contribution in [1.82, 2.24) is 4.98 Å². The quantitative estimate of drug-likeness (QED) is 0.530. The summed E-state index contributed by atoms with van der Waals surface area (Å²) in [6.45, 7) is 1.96. The number of hydrogen-bond donors (Lipinski definition) is 1. The molecule has 7 heteroatoms. The van der Waals surface area contributed by atoms with Gasteiger partial charge in [0, 0.05) is 17.7 Å². The lowest BCUT2D eigenvalue weighted by Crippen LogP contribution is -2.19. The molecule has 0 fully saturated rings. The zero-order valence-corrected chi connectivity index (χ0v) is 19.2. The van der Waals surface area contributed by atoms with Crippen LogP contribution in [-0.4, -0.2) is 38.1 Å². The van der Waals surface area contributed by atoms with Gasteiger partial charge in [0.25, 0.3) is 0 Å². The van der Waals surface area contributed by atoms with Crippen molar-refractivity contribution >= 4 is 11.8 Å². The Balaban J connectivity index is 1.59. The molecular formula is C26H27NO6. The SMILES string of the molecule is COc1cc([C@H]2CC(=O)c3c([nH]c(C(=O)OCc4ccccc4)c3C)C2)cc(OC)c1OC. The van der Waals surface area contributed by atoms with Crippen molar-refractivity contribution in [3.05, 3.63) is 76.1 Å². The topological polar surface area (TPSA) is 86.9 Å². The van der Waals surface area contributed by atoms with Crippen molar-refractivity contribution in [2.24, 2.45) is 0 Å². The van der Waals surface area contributed by atoms with Crippen LogP contribution >= 0.6 is 0 Å². The second kappa shape index (κ2) is 9.40. The van der Waals surface area contributed by atoms with Gasteiger partial charge in [-0.3, -0.25) is 4.79 Å². The number of ketones is 1. The predicted octanol–water partition coefficient (Wildman–Crippen LogP) is 4.62. The van der Waals surface area contributed by atoms with Crippen molar-refractivity contribution in [2.45, 2.75) is 32.3 Å². The van der Waals surface area contributed by atoms with Crippen LogP contribution in [0.1, 0.15) is 55.6 Å². The summed E-state index contributed by atoms with van der Waals surface area (Å²) in [7, 11) is 4.68. The molecule has 0 spiro atoms. The number of aromatic nitrogens is 1. The van der Waals surface area contributed by atoms with Gasteiger partial charge in [-0.2, -0.15) is 0 Å². The Kier molecular flexibility index (Phi) is 6.40. The zero-order chi connectivity index (χ0) is 23.5. The molecule has 1 N–H and O–H groups in total. The number of aromatic amines is 1. The van der Waals surface area contributed by atoms with Gasteiger partial charge >= 0.3 is 5.97 Å². The number of carbonyl (C=O) groups is 2. The Morgan fingerprint density at radius 1 is 1.00 bits per heavy atom. The Labute approximate surface area is 192 Å². The predicted molar refractivity (Wildman–Crippen MR) is 123 cm³/mol. The molecule has 0 saturated heterocycles. The van der Waals surface area contributed by atoms with Gasteiger partial charge in [0.15, 0.2) is 17.3 Å². The van der Waals surface area contributed by atoms with Gasteiger partial charge in [-0.15, -0.1) is 0 Å². The monoisotopic (exact) mass is 449 g/mol. The molecule has 0 aliphatic heterocycles. The van der Waals surface area contributed by atoms with Crippen LogP contribution in [-0.2, 0) is 17.8 Å². The summed E-state index contributed by atoms with van der Waals surface area (Å²) < 4.78 is 21.8. The molecule has 1 atom stereocenters. The fraction of sp³-hybridized carbons (Fsp3) is 0.308. The summed E-state index contributed by atoms with van der Waals surface area (Å²) in [6.07, 6.45) is 0.898. The summed E-state index contributed by atoms with van der Waals surface area (Å²) in [5, 5.41) is 0. The number of benzene rings is 2. The van der Waals surface area contributed by atoms with Gasteiger partial charge < -0.3 is 23.9 Å². The number of nitrogens with one attached hydrogen (secondary N) is 1. The van der Waals surface area contributed by atoms with Gasteiger partial charge in [0.1, 0.15) is 12.3 Å². The van der Waals surface area contributed by atoms with Gasteiger partial charge in [0.2, 0.25) is 5.75 Å². The van der Waals surface area contributed by atoms with E-state index in [-0.39, 0.29) is 18.3 Å². The molecule has 1 aliphatic rings. The molecule has 1 heterocycles. The first-order valence-corrected chi connectivity index (χ1v) is 10.7. The molecule has 4 rings (SSSR count). The highest BCUT2D eigenvalue weighted by atomic mass is 16.5. The highest BCUT2D eigenvalue weighted by Crippen LogP contribution is 2.43. The highest BCUT2D eigenvalue weighted by molar-refractivity contribution is 6.03. The third-order valence-corrected chi connectivity index (χ3v) is 6.06. The van der Waals surface area contributed by atoms with E-state index in [1.807, 2.05) is 42.5 Å². The largest absolute Gasteiger partial charge is 0.493 e. The van der Waals surface area contributed by atoms with Gasteiger partial charge in [-0.25, -0.2) is 4.79 Å². The summed E-state index contributed by atoms with van der Waals surface area (Å²) in [5.74, 6) is 1.01. The first-order chi connectivity index (χ1) is 16.0. The van der Waals surface area contributed by atoms with Crippen molar-refractivity contribution < 1.29 is 28.5 Å². The zero-order valence-electron chi connectivity index (χ0n) is 19.2. The maximum Gasteiger partial charge on any atom is 0.355 e. The molecular weight excluding hydrogens is 422 g/mol. The minimum atomic E-state index is -0.470. The Morgan fingerprint density at radius 2 is 1.67 bits per heavy atom. The van der Waals surface area contributed by atoms with Crippen LogP contribution in [0.2, 0.25) is 0 Å². The third-order valence-electron chi connectivity index (χ3n) is 6.06. The molecule has 2 aromatic carbocycles. The highest BCUT2D eigenvalue weighted by Gasteiger charge is 2.33. The van der Waals surface area contributed by atoms with E-state index in [2.05, 4.69) is 4.98 Å². The van der Waals surface area contributed by atoms with E-state index in [0.29, 0.717) is 46.9 Å². The summed E-state index contributed by atoms with van der Waals surface area (Å²) >= 11 is 0. The lowest BCUT2D eigenvalue weighted by Gasteiger charge is -2.24. The smallest absolute Gasteiger partial charge is 0.355 e. The second-order valence-corrected chi connectivity index (χ2v) is 8.03. The van der Waals surface area contributed by atoms with Crippen LogP contribution in [0.15, 0.2) is 42.5 Å². The first kappa shape index (κ1) is 22.5. The molecule has 1 aliphatic carbocycles. The Bertz CT molecular complexity index is 1160. The average Bonchev–Trinajstić information content (AvgIpc) is 3.18. The number of carbonyl (C=O) groups excluding carboxylic acids is 2. The lowest BCUT2D eigenvalue weighted by molar-refractivity contribution is 0.0465. The van der Waals surface area contributed by atoms with Crippen LogP contribution < -0.4 is 14.2 Å². The maximum atomic E-state index is 13.1. The number of rotatable bonds is 7. The number of Topliss-reactive ketones (excluding diaryl/α,β-unsaturated/α-hetero) is 1. The minimum absolute atomic E-state index is 0.00846. The summed E-state index contributed by atoms with van der Waals surface area (Å²) in [4.78, 5) is 29.0. The van der Waals surface area contributed by atoms with Gasteiger partial charge in [-0.1, -0.05) is 30.3 Å². The fourth-order valence-corrected chi connectivity index (χ4v) is 4.41. The summed E-state index contributed by atoms with van der Waals surface area (Å²) in [6, 6.07) is 13.2. The van der Waals surface area contributed by atoms with Crippen LogP contribution in [0.25, 0.3) is 0 Å². The molecule has 3 aromatic rings. The number of methoxy groups -OCH3 is 3. The van der Waals surface area contributed by atoms with E-state index < -0.39 is 5.97 Å². The third kappa shape index (κ3) is 4.31. The van der Waals surface area contributed by atoms with E-state index in [1.54, 1.807) is 28.3 Å². The van der Waals surface area contributed by atoms with Crippen LogP contribution in [0.4, 0.5) is 0 Å². The van der Waals surface area contributed by atoms with E-state index in [9.17, 15) is 9.59 Å². The van der Waals surface area contributed by atoms with Crippen molar-refractivity contribution in [1.29, 1.82) is 0 Å². The van der Waals surface area contributed by atoms with Gasteiger partial charge in [0.05, 0.1) is 21.3 Å². The molecule has 0 bridgehead atoms. The van der Waals surface area contributed by atoms with Crippen molar-refractivity contribution in [3.8, 4) is 17.2 Å². The van der Waals surface area contributed by atoms with Gasteiger partial charge in [-0.05, 0) is 48.1 Å². The molecule has 0 radical (unpaired) electrons. The fourth-order valence-electron chi connectivity index (χ4n) is 4.41. The maximum absolute atomic E-state index is 13.1. The van der Waals surface area contributed by atoms with E-state index in [0.717, 1.165) is 16.8 Å². The van der Waals surface area contributed by atoms with Crippen molar-refractivity contribution in [2.75, 3.05) is 21.3 Å². The average molecular weight is 450 g/mol. The summed E-state index contributed by atoms with van der Waals surface area (Å²) in [5.41, 5.74) is 4.10. The molecule has 0 amide bonds. The standard InChI is InChI=1S/C26H27NO6/c1-15-23-19(27-24(15)26(29)33-14-16-8-6-5-7-9-16)10-17(11-20(23)28)18-12-21(30-2)25(32-4)22(13-18)31-3/h5-9,12-13,17,27H,10-11,14H2,1-4H3/t17-/m1/s1. The molecule has 0 saturated carbocycles. The lowest BCUT2D eigenvalue weighted by atomic mass is 9.81. The molecule has 0 unspecified atom stereocenters. The number of fused-ring (bicyclic) bond motifs is 1. The number of H-pyrrole nitrogens is 1. The first-order valence-electron chi connectivity index (χ1n) is 10.7. The van der Waals surface area contributed by atoms with Crippen molar-refractivity contribution in [3.63, 3.8) is 0 Å². The second-order valence-electron chi connectivity index (χ2n) is 8.03. The molecule has 7 nitrogen and oxygen atoms in total. The Morgan fingerprint density at radius 3 is 2.27 bits per heavy atom. The molecule has 1 aromatic heterocycles. The van der Waals surface area contributed by atoms with Crippen LogP contribution in [0.5, 0.6) is 17.2 Å². The van der Waals surface area contributed by atoms with E-state index in [4.69, 9.17) is 18.9 Å².